The Morgan fingerprint density at radius 1 is 1.15 bits per heavy atom. The van der Waals surface area contributed by atoms with Gasteiger partial charge in [-0.1, -0.05) is 0 Å². The molecule has 7 nitrogen and oxygen atoms in total. The number of aryl methyl sites for hydroxylation is 1. The van der Waals surface area contributed by atoms with Crippen LogP contribution in [0.2, 0.25) is 0 Å². The summed E-state index contributed by atoms with van der Waals surface area (Å²) in [5.74, 6) is -1.43. The van der Waals surface area contributed by atoms with Gasteiger partial charge in [0.2, 0.25) is 0 Å². The molecule has 5 aromatic rings. The maximum Gasteiger partial charge on any atom is 0.263 e. The van der Waals surface area contributed by atoms with Crippen molar-refractivity contribution in [1.29, 1.82) is 0 Å². The number of nitrogens with one attached hydrogen (secondary N) is 2. The predicted molar refractivity (Wildman–Crippen MR) is 128 cm³/mol. The first-order valence-electron chi connectivity index (χ1n) is 10.6. The van der Waals surface area contributed by atoms with Crippen molar-refractivity contribution in [2.75, 3.05) is 18.9 Å². The Morgan fingerprint density at radius 2 is 2.00 bits per heavy atom. The van der Waals surface area contributed by atoms with Crippen molar-refractivity contribution in [3.63, 3.8) is 0 Å². The van der Waals surface area contributed by atoms with Gasteiger partial charge in [0.25, 0.3) is 5.91 Å². The molecule has 4 aromatic heterocycles. The molecule has 1 aromatic carbocycles. The summed E-state index contributed by atoms with van der Waals surface area (Å²) in [6, 6.07) is 9.51. The standard InChI is InChI=1S/C24H20F2N6OS/c1-13-3-4-16-21(27-2)22(34-24(16)31-13)23(33)28-7-5-14-9-19(26)17(11-18(14)25)20-10-15-6-8-30-32(15)12-29-20/h3-4,6,8-12,27H,5,7H2,1-2H3,(H,28,33). The molecule has 10 heteroatoms. The summed E-state index contributed by atoms with van der Waals surface area (Å²) >= 11 is 1.29. The van der Waals surface area contributed by atoms with E-state index in [2.05, 4.69) is 25.7 Å². The number of pyridine rings is 1. The van der Waals surface area contributed by atoms with Crippen molar-refractivity contribution in [2.45, 2.75) is 13.3 Å². The molecule has 1 amide bonds. The van der Waals surface area contributed by atoms with Crippen LogP contribution < -0.4 is 10.6 Å². The van der Waals surface area contributed by atoms with Crippen LogP contribution in [0.15, 0.2) is 48.9 Å². The van der Waals surface area contributed by atoms with Crippen molar-refractivity contribution in [2.24, 2.45) is 0 Å². The maximum absolute atomic E-state index is 14.8. The van der Waals surface area contributed by atoms with Gasteiger partial charge in [0, 0.05) is 30.2 Å². The largest absolute Gasteiger partial charge is 0.386 e. The molecule has 0 fully saturated rings. The van der Waals surface area contributed by atoms with Gasteiger partial charge < -0.3 is 10.6 Å². The number of amides is 1. The number of hydrogen-bond donors (Lipinski definition) is 2. The van der Waals surface area contributed by atoms with E-state index in [1.54, 1.807) is 29.9 Å². The van der Waals surface area contributed by atoms with Crippen LogP contribution in [0.3, 0.4) is 0 Å². The third-order valence-electron chi connectivity index (χ3n) is 5.53. The molecule has 0 aliphatic heterocycles. The first kappa shape index (κ1) is 21.9. The van der Waals surface area contributed by atoms with Crippen LogP contribution in [0.1, 0.15) is 20.9 Å². The fourth-order valence-electron chi connectivity index (χ4n) is 3.82. The zero-order valence-electron chi connectivity index (χ0n) is 18.4. The Labute approximate surface area is 197 Å². The van der Waals surface area contributed by atoms with E-state index in [0.717, 1.165) is 33.6 Å². The second-order valence-corrected chi connectivity index (χ2v) is 8.76. The van der Waals surface area contributed by atoms with Gasteiger partial charge in [-0.2, -0.15) is 5.10 Å². The van der Waals surface area contributed by atoms with Gasteiger partial charge in [0.1, 0.15) is 27.7 Å². The number of carbonyl (C=O) groups excluding carboxylic acids is 1. The molecule has 172 valence electrons. The van der Waals surface area contributed by atoms with E-state index in [1.165, 1.54) is 17.7 Å². The van der Waals surface area contributed by atoms with Crippen LogP contribution in [0.5, 0.6) is 0 Å². The summed E-state index contributed by atoms with van der Waals surface area (Å²) in [4.78, 5) is 22.7. The Hall–Kier alpha value is -3.92. The van der Waals surface area contributed by atoms with Gasteiger partial charge in [-0.15, -0.1) is 11.3 Å². The Kier molecular flexibility index (Phi) is 5.66. The summed E-state index contributed by atoms with van der Waals surface area (Å²) < 4.78 is 31.1. The van der Waals surface area contributed by atoms with Crippen molar-refractivity contribution >= 4 is 38.7 Å². The smallest absolute Gasteiger partial charge is 0.263 e. The number of carbonyl (C=O) groups is 1. The number of hydrogen-bond acceptors (Lipinski definition) is 6. The zero-order chi connectivity index (χ0) is 23.8. The molecule has 4 heterocycles. The van der Waals surface area contributed by atoms with E-state index in [4.69, 9.17) is 0 Å². The molecule has 0 saturated carbocycles. The van der Waals surface area contributed by atoms with E-state index in [1.807, 2.05) is 19.1 Å². The molecule has 5 rings (SSSR count). The van der Waals surface area contributed by atoms with E-state index in [9.17, 15) is 13.6 Å². The summed E-state index contributed by atoms with van der Waals surface area (Å²) in [7, 11) is 1.75. The molecule has 0 saturated heterocycles. The average molecular weight is 479 g/mol. The second-order valence-electron chi connectivity index (χ2n) is 7.77. The molecule has 0 aliphatic carbocycles. The molecule has 34 heavy (non-hydrogen) atoms. The lowest BCUT2D eigenvalue weighted by atomic mass is 10.0. The van der Waals surface area contributed by atoms with Crippen LogP contribution in [0, 0.1) is 18.6 Å². The third kappa shape index (κ3) is 3.96. The SMILES string of the molecule is CNc1c(C(=O)NCCc2cc(F)c(-c3cc4ccnn4cn3)cc2F)sc2nc(C)ccc12. The molecule has 0 atom stereocenters. The zero-order valence-corrected chi connectivity index (χ0v) is 19.2. The van der Waals surface area contributed by atoms with Crippen molar-refractivity contribution < 1.29 is 13.6 Å². The lowest BCUT2D eigenvalue weighted by molar-refractivity contribution is 0.0959. The number of aromatic nitrogens is 4. The fraction of sp³-hybridized carbons (Fsp3) is 0.167. The van der Waals surface area contributed by atoms with Crippen molar-refractivity contribution in [3.05, 3.63) is 76.7 Å². The Bertz CT molecular complexity index is 1540. The molecule has 0 radical (unpaired) electrons. The number of anilines is 1. The average Bonchev–Trinajstić information content (AvgIpc) is 3.44. The molecule has 0 bridgehead atoms. The van der Waals surface area contributed by atoms with Crippen LogP contribution in [0.4, 0.5) is 14.5 Å². The number of benzene rings is 1. The number of thiophene rings is 1. The van der Waals surface area contributed by atoms with E-state index >= 15 is 0 Å². The van der Waals surface area contributed by atoms with Gasteiger partial charge in [-0.3, -0.25) is 4.79 Å². The maximum atomic E-state index is 14.8. The summed E-state index contributed by atoms with van der Waals surface area (Å²) in [6.45, 7) is 2.04. The number of fused-ring (bicyclic) bond motifs is 2. The van der Waals surface area contributed by atoms with Crippen LogP contribution in [0.25, 0.3) is 27.0 Å². The Morgan fingerprint density at radius 3 is 2.82 bits per heavy atom. The lowest BCUT2D eigenvalue weighted by Gasteiger charge is -2.10. The van der Waals surface area contributed by atoms with Gasteiger partial charge in [-0.25, -0.2) is 23.3 Å². The highest BCUT2D eigenvalue weighted by Crippen LogP contribution is 2.34. The first-order valence-corrected chi connectivity index (χ1v) is 11.4. The molecular weight excluding hydrogens is 458 g/mol. The molecule has 0 unspecified atom stereocenters. The molecular formula is C24H20F2N6OS. The second kappa shape index (κ2) is 8.79. The first-order chi connectivity index (χ1) is 16.4. The number of nitrogens with zero attached hydrogens (tertiary/aromatic N) is 4. The van der Waals surface area contributed by atoms with Gasteiger partial charge in [0.15, 0.2) is 0 Å². The van der Waals surface area contributed by atoms with E-state index in [-0.39, 0.29) is 30.0 Å². The normalized spacial score (nSPS) is 11.3. The van der Waals surface area contributed by atoms with Crippen molar-refractivity contribution in [3.8, 4) is 11.3 Å². The van der Waals surface area contributed by atoms with Gasteiger partial charge in [-0.05, 0) is 55.3 Å². The van der Waals surface area contributed by atoms with E-state index in [0.29, 0.717) is 16.3 Å². The summed E-state index contributed by atoms with van der Waals surface area (Å²) in [5.41, 5.74) is 2.86. The third-order valence-corrected chi connectivity index (χ3v) is 6.63. The number of halogens is 2. The highest BCUT2D eigenvalue weighted by molar-refractivity contribution is 7.21. The minimum Gasteiger partial charge on any atom is -0.386 e. The highest BCUT2D eigenvalue weighted by Gasteiger charge is 2.19. The predicted octanol–water partition coefficient (Wildman–Crippen LogP) is 4.61. The molecule has 2 N–H and O–H groups in total. The fourth-order valence-corrected chi connectivity index (χ4v) is 4.96. The number of rotatable bonds is 6. The lowest BCUT2D eigenvalue weighted by Crippen LogP contribution is -2.25. The molecule has 0 aliphatic rings. The van der Waals surface area contributed by atoms with Crippen LogP contribution in [-0.4, -0.2) is 39.1 Å². The van der Waals surface area contributed by atoms with Gasteiger partial charge in [0.05, 0.1) is 23.1 Å². The van der Waals surface area contributed by atoms with Crippen molar-refractivity contribution in [1.82, 2.24) is 24.9 Å². The highest BCUT2D eigenvalue weighted by atomic mass is 32.1. The minimum absolute atomic E-state index is 0.0701. The monoisotopic (exact) mass is 478 g/mol. The van der Waals surface area contributed by atoms with Crippen LogP contribution in [-0.2, 0) is 6.42 Å². The van der Waals surface area contributed by atoms with Crippen LogP contribution >= 0.6 is 11.3 Å². The van der Waals surface area contributed by atoms with E-state index < -0.39 is 11.6 Å². The summed E-state index contributed by atoms with van der Waals surface area (Å²) in [6.07, 6.45) is 3.20. The molecule has 0 spiro atoms. The Balaban J connectivity index is 1.31. The minimum atomic E-state index is -0.581. The van der Waals surface area contributed by atoms with Gasteiger partial charge >= 0.3 is 0 Å². The topological polar surface area (TPSA) is 84.2 Å². The quantitative estimate of drug-likeness (QED) is 0.373. The summed E-state index contributed by atoms with van der Waals surface area (Å²) in [5, 5.41) is 10.8.